The number of nitrogens with zero attached hydrogens (tertiary/aromatic N) is 3. The Morgan fingerprint density at radius 2 is 2.00 bits per heavy atom. The van der Waals surface area contributed by atoms with Crippen molar-refractivity contribution in [3.8, 4) is 0 Å². The number of imidazole rings is 1. The van der Waals surface area contributed by atoms with Crippen LogP contribution < -0.4 is 5.32 Å². The number of nitrogens with one attached hydrogen (secondary N) is 1. The van der Waals surface area contributed by atoms with E-state index in [9.17, 15) is 0 Å². The SMILES string of the molecule is COCC(C)n1cc(C)nc1NC(CC(C)C)CN(C)C. The number of aromatic nitrogens is 2. The molecule has 5 nitrogen and oxygen atoms in total. The largest absolute Gasteiger partial charge is 0.383 e. The van der Waals surface area contributed by atoms with E-state index >= 15 is 0 Å². The Morgan fingerprint density at radius 1 is 1.33 bits per heavy atom. The topological polar surface area (TPSA) is 42.3 Å². The van der Waals surface area contributed by atoms with Gasteiger partial charge in [-0.05, 0) is 40.3 Å². The molecule has 2 unspecified atom stereocenters. The first-order chi connectivity index (χ1) is 9.83. The van der Waals surface area contributed by atoms with E-state index in [4.69, 9.17) is 4.74 Å². The van der Waals surface area contributed by atoms with E-state index in [0.717, 1.165) is 24.6 Å². The molecule has 21 heavy (non-hydrogen) atoms. The lowest BCUT2D eigenvalue weighted by atomic mass is 10.0. The van der Waals surface area contributed by atoms with Gasteiger partial charge in [0.25, 0.3) is 0 Å². The monoisotopic (exact) mass is 296 g/mol. The van der Waals surface area contributed by atoms with Gasteiger partial charge in [0.05, 0.1) is 18.3 Å². The number of likely N-dealkylation sites (N-methyl/N-ethyl adjacent to an activating group) is 1. The van der Waals surface area contributed by atoms with E-state index < -0.39 is 0 Å². The predicted molar refractivity (Wildman–Crippen MR) is 89.0 cm³/mol. The highest BCUT2D eigenvalue weighted by molar-refractivity contribution is 5.31. The van der Waals surface area contributed by atoms with Crippen LogP contribution in [0.3, 0.4) is 0 Å². The number of methoxy groups -OCH3 is 1. The molecule has 1 aromatic rings. The summed E-state index contributed by atoms with van der Waals surface area (Å²) >= 11 is 0. The fraction of sp³-hybridized carbons (Fsp3) is 0.812. The maximum Gasteiger partial charge on any atom is 0.203 e. The van der Waals surface area contributed by atoms with Crippen LogP contribution in [0.4, 0.5) is 5.95 Å². The standard InChI is InChI=1S/C16H32N4O/c1-12(2)8-15(10-19(5)6)18-16-17-13(3)9-20(16)14(4)11-21-7/h9,12,14-15H,8,10-11H2,1-7H3,(H,17,18). The molecule has 0 aromatic carbocycles. The van der Waals surface area contributed by atoms with Gasteiger partial charge in [-0.3, -0.25) is 0 Å². The molecule has 0 amide bonds. The van der Waals surface area contributed by atoms with Crippen molar-refractivity contribution in [2.75, 3.05) is 39.7 Å². The van der Waals surface area contributed by atoms with Crippen LogP contribution >= 0.6 is 0 Å². The zero-order chi connectivity index (χ0) is 16.0. The van der Waals surface area contributed by atoms with Crippen molar-refractivity contribution in [2.45, 2.75) is 46.2 Å². The molecule has 1 N–H and O–H groups in total. The molecule has 0 aliphatic heterocycles. The molecule has 0 aliphatic carbocycles. The number of hydrogen-bond acceptors (Lipinski definition) is 4. The third kappa shape index (κ3) is 6.06. The molecule has 122 valence electrons. The van der Waals surface area contributed by atoms with Gasteiger partial charge in [-0.1, -0.05) is 13.8 Å². The molecule has 0 aliphatic rings. The summed E-state index contributed by atoms with van der Waals surface area (Å²) in [7, 11) is 5.96. The number of hydrogen-bond donors (Lipinski definition) is 1. The van der Waals surface area contributed by atoms with Crippen LogP contribution in [0.15, 0.2) is 6.20 Å². The third-order valence-corrected chi connectivity index (χ3v) is 3.41. The molecule has 2 atom stereocenters. The van der Waals surface area contributed by atoms with Crippen molar-refractivity contribution in [1.29, 1.82) is 0 Å². The molecule has 0 radical (unpaired) electrons. The maximum absolute atomic E-state index is 5.27. The summed E-state index contributed by atoms with van der Waals surface area (Å²) in [5.74, 6) is 1.60. The van der Waals surface area contributed by atoms with E-state index in [2.05, 4.69) is 60.8 Å². The van der Waals surface area contributed by atoms with E-state index in [1.165, 1.54) is 0 Å². The molecule has 5 heteroatoms. The van der Waals surface area contributed by atoms with Gasteiger partial charge in [-0.25, -0.2) is 4.98 Å². The first-order valence-electron chi connectivity index (χ1n) is 7.79. The molecule has 1 rings (SSSR count). The van der Waals surface area contributed by atoms with Crippen molar-refractivity contribution >= 4 is 5.95 Å². The molecule has 0 fully saturated rings. The highest BCUT2D eigenvalue weighted by Crippen LogP contribution is 2.19. The molecular weight excluding hydrogens is 264 g/mol. The van der Waals surface area contributed by atoms with Crippen molar-refractivity contribution < 1.29 is 4.74 Å². The summed E-state index contributed by atoms with van der Waals surface area (Å²) in [6.07, 6.45) is 3.22. The summed E-state index contributed by atoms with van der Waals surface area (Å²) in [6.45, 7) is 10.4. The van der Waals surface area contributed by atoms with Gasteiger partial charge in [0.1, 0.15) is 0 Å². The summed E-state index contributed by atoms with van der Waals surface area (Å²) in [4.78, 5) is 6.87. The second kappa shape index (κ2) is 8.39. The fourth-order valence-corrected chi connectivity index (χ4v) is 2.65. The van der Waals surface area contributed by atoms with Crippen LogP contribution in [0.5, 0.6) is 0 Å². The molecule has 0 bridgehead atoms. The Kier molecular flexibility index (Phi) is 7.18. The summed E-state index contributed by atoms with van der Waals surface area (Å²) in [6, 6.07) is 0.674. The van der Waals surface area contributed by atoms with Gasteiger partial charge in [0.2, 0.25) is 5.95 Å². The van der Waals surface area contributed by atoms with Gasteiger partial charge >= 0.3 is 0 Å². The Balaban J connectivity index is 2.86. The van der Waals surface area contributed by atoms with E-state index in [1.807, 2.05) is 6.92 Å². The van der Waals surface area contributed by atoms with Crippen LogP contribution in [0, 0.1) is 12.8 Å². The number of rotatable bonds is 9. The summed E-state index contributed by atoms with van der Waals surface area (Å²) in [5, 5.41) is 3.63. The van der Waals surface area contributed by atoms with Gasteiger partial charge in [-0.15, -0.1) is 0 Å². The fourth-order valence-electron chi connectivity index (χ4n) is 2.65. The first kappa shape index (κ1) is 18.0. The average Bonchev–Trinajstić information content (AvgIpc) is 2.68. The number of aryl methyl sites for hydroxylation is 1. The van der Waals surface area contributed by atoms with Crippen LogP contribution in [-0.2, 0) is 4.74 Å². The van der Waals surface area contributed by atoms with Gasteiger partial charge < -0.3 is 19.5 Å². The second-order valence-electron chi connectivity index (χ2n) is 6.65. The van der Waals surface area contributed by atoms with E-state index in [-0.39, 0.29) is 6.04 Å². The zero-order valence-corrected chi connectivity index (χ0v) is 14.7. The Labute approximate surface area is 129 Å². The van der Waals surface area contributed by atoms with Crippen LogP contribution in [0.1, 0.15) is 38.9 Å². The minimum Gasteiger partial charge on any atom is -0.383 e. The lowest BCUT2D eigenvalue weighted by Crippen LogP contribution is -2.34. The molecule has 0 saturated heterocycles. The third-order valence-electron chi connectivity index (χ3n) is 3.41. The van der Waals surface area contributed by atoms with Crippen molar-refractivity contribution in [3.05, 3.63) is 11.9 Å². The van der Waals surface area contributed by atoms with Crippen molar-refractivity contribution in [1.82, 2.24) is 14.5 Å². The molecule has 0 spiro atoms. The minimum absolute atomic E-state index is 0.276. The maximum atomic E-state index is 5.27. The van der Waals surface area contributed by atoms with Gasteiger partial charge in [-0.2, -0.15) is 0 Å². The smallest absolute Gasteiger partial charge is 0.203 e. The molecular formula is C16H32N4O. The van der Waals surface area contributed by atoms with Crippen LogP contribution in [0.2, 0.25) is 0 Å². The second-order valence-corrected chi connectivity index (χ2v) is 6.65. The molecule has 1 heterocycles. The van der Waals surface area contributed by atoms with Gasteiger partial charge in [0, 0.05) is 25.9 Å². The van der Waals surface area contributed by atoms with Crippen molar-refractivity contribution in [3.63, 3.8) is 0 Å². The Hall–Kier alpha value is -1.07. The molecule has 1 aromatic heterocycles. The normalized spacial score (nSPS) is 14.7. The Morgan fingerprint density at radius 3 is 2.52 bits per heavy atom. The zero-order valence-electron chi connectivity index (χ0n) is 14.7. The lowest BCUT2D eigenvalue weighted by Gasteiger charge is -2.26. The quantitative estimate of drug-likeness (QED) is 0.761. The highest BCUT2D eigenvalue weighted by atomic mass is 16.5. The minimum atomic E-state index is 0.276. The summed E-state index contributed by atoms with van der Waals surface area (Å²) < 4.78 is 7.45. The average molecular weight is 296 g/mol. The molecule has 0 saturated carbocycles. The highest BCUT2D eigenvalue weighted by Gasteiger charge is 2.17. The van der Waals surface area contributed by atoms with Crippen LogP contribution in [-0.4, -0.2) is 54.8 Å². The van der Waals surface area contributed by atoms with E-state index in [1.54, 1.807) is 7.11 Å². The lowest BCUT2D eigenvalue weighted by molar-refractivity contribution is 0.163. The summed E-state index contributed by atoms with van der Waals surface area (Å²) in [5.41, 5.74) is 1.04. The Bertz CT molecular complexity index is 404. The number of ether oxygens (including phenoxy) is 1. The van der Waals surface area contributed by atoms with E-state index in [0.29, 0.717) is 18.6 Å². The van der Waals surface area contributed by atoms with Crippen LogP contribution in [0.25, 0.3) is 0 Å². The first-order valence-corrected chi connectivity index (χ1v) is 7.79. The van der Waals surface area contributed by atoms with Crippen molar-refractivity contribution in [2.24, 2.45) is 5.92 Å². The number of anilines is 1. The van der Waals surface area contributed by atoms with Gasteiger partial charge in [0.15, 0.2) is 0 Å². The predicted octanol–water partition coefficient (Wildman–Crippen LogP) is 2.79.